The SMILES string of the molecule is CC(C)Cn1nc(C(=O)O)c2c1CCC(N1CC=CCC1)C2. The van der Waals surface area contributed by atoms with Gasteiger partial charge in [0, 0.05) is 36.9 Å². The maximum atomic E-state index is 11.6. The topological polar surface area (TPSA) is 58.4 Å². The summed E-state index contributed by atoms with van der Waals surface area (Å²) in [5.74, 6) is -0.423. The van der Waals surface area contributed by atoms with Gasteiger partial charge in [-0.15, -0.1) is 0 Å². The number of rotatable bonds is 4. The molecule has 2 heterocycles. The molecule has 1 N–H and O–H groups in total. The number of carboxylic acid groups (broad SMARTS) is 1. The van der Waals surface area contributed by atoms with Crippen molar-refractivity contribution in [3.05, 3.63) is 29.1 Å². The lowest BCUT2D eigenvalue weighted by Gasteiger charge is -2.35. The lowest BCUT2D eigenvalue weighted by Crippen LogP contribution is -2.41. The van der Waals surface area contributed by atoms with Gasteiger partial charge in [0.05, 0.1) is 0 Å². The third-order valence-corrected chi connectivity index (χ3v) is 4.67. The molecule has 0 radical (unpaired) electrons. The highest BCUT2D eigenvalue weighted by atomic mass is 16.4. The van der Waals surface area contributed by atoms with Crippen LogP contribution in [-0.2, 0) is 19.4 Å². The van der Waals surface area contributed by atoms with Crippen LogP contribution in [0.1, 0.15) is 48.4 Å². The van der Waals surface area contributed by atoms with Crippen molar-refractivity contribution in [1.82, 2.24) is 14.7 Å². The van der Waals surface area contributed by atoms with Crippen LogP contribution in [-0.4, -0.2) is 44.9 Å². The number of aromatic carboxylic acids is 1. The summed E-state index contributed by atoms with van der Waals surface area (Å²) in [6.07, 6.45) is 8.41. The van der Waals surface area contributed by atoms with Gasteiger partial charge >= 0.3 is 5.97 Å². The average molecular weight is 303 g/mol. The van der Waals surface area contributed by atoms with E-state index in [4.69, 9.17) is 0 Å². The minimum Gasteiger partial charge on any atom is -0.476 e. The predicted octanol–water partition coefficient (Wildman–Crippen LogP) is 2.36. The van der Waals surface area contributed by atoms with Gasteiger partial charge < -0.3 is 5.11 Å². The van der Waals surface area contributed by atoms with E-state index in [-0.39, 0.29) is 5.69 Å². The smallest absolute Gasteiger partial charge is 0.356 e. The Kier molecular flexibility index (Phi) is 4.34. The maximum absolute atomic E-state index is 11.6. The van der Waals surface area contributed by atoms with Gasteiger partial charge in [-0.2, -0.15) is 5.10 Å². The molecule has 0 fully saturated rings. The summed E-state index contributed by atoms with van der Waals surface area (Å²) >= 11 is 0. The minimum absolute atomic E-state index is 0.271. The van der Waals surface area contributed by atoms with Crippen molar-refractivity contribution >= 4 is 5.97 Å². The van der Waals surface area contributed by atoms with E-state index < -0.39 is 5.97 Å². The fourth-order valence-corrected chi connectivity index (χ4v) is 3.64. The number of aromatic nitrogens is 2. The lowest BCUT2D eigenvalue weighted by atomic mass is 9.89. The quantitative estimate of drug-likeness (QED) is 0.868. The van der Waals surface area contributed by atoms with Gasteiger partial charge in [-0.25, -0.2) is 4.79 Å². The molecule has 0 saturated carbocycles. The van der Waals surface area contributed by atoms with Gasteiger partial charge in [-0.3, -0.25) is 9.58 Å². The molecule has 1 aromatic heterocycles. The van der Waals surface area contributed by atoms with Crippen LogP contribution in [0.4, 0.5) is 0 Å². The number of fused-ring (bicyclic) bond motifs is 1. The molecule has 5 heteroatoms. The van der Waals surface area contributed by atoms with Crippen LogP contribution in [0.25, 0.3) is 0 Å². The van der Waals surface area contributed by atoms with E-state index in [2.05, 4.69) is 36.0 Å². The summed E-state index contributed by atoms with van der Waals surface area (Å²) in [6.45, 7) is 7.15. The fourth-order valence-electron chi connectivity index (χ4n) is 3.64. The van der Waals surface area contributed by atoms with Crippen LogP contribution < -0.4 is 0 Å². The third kappa shape index (κ3) is 2.95. The molecule has 1 atom stereocenters. The summed E-state index contributed by atoms with van der Waals surface area (Å²) < 4.78 is 1.94. The first-order chi connectivity index (χ1) is 10.6. The van der Waals surface area contributed by atoms with E-state index >= 15 is 0 Å². The Labute approximate surface area is 131 Å². The van der Waals surface area contributed by atoms with Crippen molar-refractivity contribution in [2.75, 3.05) is 13.1 Å². The van der Waals surface area contributed by atoms with Gasteiger partial charge in [-0.05, 0) is 31.6 Å². The van der Waals surface area contributed by atoms with Crippen molar-refractivity contribution in [1.29, 1.82) is 0 Å². The normalized spacial score (nSPS) is 22.0. The lowest BCUT2D eigenvalue weighted by molar-refractivity contribution is 0.0687. The molecule has 1 aromatic rings. The molecule has 1 aliphatic heterocycles. The molecule has 5 nitrogen and oxygen atoms in total. The van der Waals surface area contributed by atoms with Gasteiger partial charge in [0.1, 0.15) is 0 Å². The molecule has 1 aliphatic carbocycles. The number of hydrogen-bond donors (Lipinski definition) is 1. The predicted molar refractivity (Wildman–Crippen MR) is 85.2 cm³/mol. The monoisotopic (exact) mass is 303 g/mol. The molecular formula is C17H25N3O2. The number of carboxylic acids is 1. The van der Waals surface area contributed by atoms with Gasteiger partial charge in [0.25, 0.3) is 0 Å². The second kappa shape index (κ2) is 6.24. The first kappa shape index (κ1) is 15.3. The molecule has 120 valence electrons. The van der Waals surface area contributed by atoms with Gasteiger partial charge in [0.15, 0.2) is 5.69 Å². The largest absolute Gasteiger partial charge is 0.476 e. The Hall–Kier alpha value is -1.62. The number of nitrogens with zero attached hydrogens (tertiary/aromatic N) is 3. The summed E-state index contributed by atoms with van der Waals surface area (Å²) in [7, 11) is 0. The van der Waals surface area contributed by atoms with Crippen LogP contribution >= 0.6 is 0 Å². The molecular weight excluding hydrogens is 278 g/mol. The Morgan fingerprint density at radius 2 is 2.27 bits per heavy atom. The Bertz CT molecular complexity index is 589. The van der Waals surface area contributed by atoms with Crippen molar-refractivity contribution in [2.24, 2.45) is 5.92 Å². The Morgan fingerprint density at radius 3 is 2.91 bits per heavy atom. The Morgan fingerprint density at radius 1 is 1.45 bits per heavy atom. The van der Waals surface area contributed by atoms with Crippen LogP contribution in [0.3, 0.4) is 0 Å². The highest BCUT2D eigenvalue weighted by molar-refractivity contribution is 5.87. The van der Waals surface area contributed by atoms with Crippen molar-refractivity contribution in [3.8, 4) is 0 Å². The average Bonchev–Trinajstić information content (AvgIpc) is 2.86. The summed E-state index contributed by atoms with van der Waals surface area (Å²) in [4.78, 5) is 14.0. The highest BCUT2D eigenvalue weighted by Crippen LogP contribution is 2.28. The molecule has 22 heavy (non-hydrogen) atoms. The highest BCUT2D eigenvalue weighted by Gasteiger charge is 2.31. The number of carbonyl (C=O) groups is 1. The van der Waals surface area contributed by atoms with E-state index in [9.17, 15) is 9.90 Å². The summed E-state index contributed by atoms with van der Waals surface area (Å²) in [6, 6.07) is 0.451. The molecule has 0 bridgehead atoms. The molecule has 0 amide bonds. The Balaban J connectivity index is 1.87. The van der Waals surface area contributed by atoms with E-state index in [1.54, 1.807) is 0 Å². The van der Waals surface area contributed by atoms with E-state index in [0.29, 0.717) is 12.0 Å². The second-order valence-corrected chi connectivity index (χ2v) is 6.81. The second-order valence-electron chi connectivity index (χ2n) is 6.81. The number of hydrogen-bond acceptors (Lipinski definition) is 3. The van der Waals surface area contributed by atoms with Crippen molar-refractivity contribution in [2.45, 2.75) is 52.1 Å². The van der Waals surface area contributed by atoms with E-state index in [1.807, 2.05) is 4.68 Å². The van der Waals surface area contributed by atoms with Crippen LogP contribution in [0.5, 0.6) is 0 Å². The fraction of sp³-hybridized carbons (Fsp3) is 0.647. The van der Waals surface area contributed by atoms with Crippen LogP contribution in [0.2, 0.25) is 0 Å². The molecule has 0 aromatic carbocycles. The summed E-state index contributed by atoms with van der Waals surface area (Å²) in [5, 5.41) is 13.9. The van der Waals surface area contributed by atoms with E-state index in [0.717, 1.165) is 56.6 Å². The first-order valence-electron chi connectivity index (χ1n) is 8.27. The molecule has 0 spiro atoms. The van der Waals surface area contributed by atoms with Gasteiger partial charge in [0.2, 0.25) is 0 Å². The molecule has 2 aliphatic rings. The van der Waals surface area contributed by atoms with Crippen LogP contribution in [0.15, 0.2) is 12.2 Å². The molecule has 3 rings (SSSR count). The van der Waals surface area contributed by atoms with Crippen molar-refractivity contribution < 1.29 is 9.90 Å². The third-order valence-electron chi connectivity index (χ3n) is 4.67. The zero-order valence-corrected chi connectivity index (χ0v) is 13.5. The standard InChI is InChI=1S/C17H25N3O2/c1-12(2)11-20-15-7-6-13(19-8-4-3-5-9-19)10-14(15)16(18-20)17(21)22/h3-4,12-13H,5-11H2,1-2H3,(H,21,22). The van der Waals surface area contributed by atoms with Gasteiger partial charge in [-0.1, -0.05) is 26.0 Å². The molecule has 1 unspecified atom stereocenters. The zero-order chi connectivity index (χ0) is 15.7. The van der Waals surface area contributed by atoms with Crippen LogP contribution in [0, 0.1) is 5.92 Å². The maximum Gasteiger partial charge on any atom is 0.356 e. The minimum atomic E-state index is -0.891. The zero-order valence-electron chi connectivity index (χ0n) is 13.5. The summed E-state index contributed by atoms with van der Waals surface area (Å²) in [5.41, 5.74) is 2.39. The van der Waals surface area contributed by atoms with Crippen molar-refractivity contribution in [3.63, 3.8) is 0 Å². The molecule has 0 saturated heterocycles. The first-order valence-corrected chi connectivity index (χ1v) is 8.27. The van der Waals surface area contributed by atoms with E-state index in [1.165, 1.54) is 0 Å².